The van der Waals surface area contributed by atoms with Gasteiger partial charge in [0.2, 0.25) is 17.6 Å². The Morgan fingerprint density at radius 3 is 2.63 bits per heavy atom. The zero-order chi connectivity index (χ0) is 19.6. The van der Waals surface area contributed by atoms with Crippen molar-refractivity contribution in [1.29, 1.82) is 0 Å². The van der Waals surface area contributed by atoms with E-state index in [4.69, 9.17) is 4.52 Å². The predicted molar refractivity (Wildman–Crippen MR) is 105 cm³/mol. The van der Waals surface area contributed by atoms with Gasteiger partial charge < -0.3 is 4.52 Å². The minimum atomic E-state index is -0.493. The third kappa shape index (κ3) is 4.47. The van der Waals surface area contributed by atoms with Crippen LogP contribution in [0.1, 0.15) is 39.1 Å². The smallest absolute Gasteiger partial charge is 0.247 e. The van der Waals surface area contributed by atoms with Crippen LogP contribution in [0.25, 0.3) is 11.4 Å². The molecule has 0 bridgehead atoms. The quantitative estimate of drug-likeness (QED) is 0.728. The lowest BCUT2D eigenvalue weighted by Gasteiger charge is -2.17. The van der Waals surface area contributed by atoms with E-state index < -0.39 is 5.41 Å². The summed E-state index contributed by atoms with van der Waals surface area (Å²) < 4.78 is 5.33. The van der Waals surface area contributed by atoms with Gasteiger partial charge >= 0.3 is 0 Å². The summed E-state index contributed by atoms with van der Waals surface area (Å²) in [6.45, 7) is 7.82. The van der Waals surface area contributed by atoms with Crippen LogP contribution in [0.15, 0.2) is 39.9 Å². The average Bonchev–Trinajstić information content (AvgIpc) is 3.23. The number of allylic oxidation sites excluding steroid dienone is 1. The first-order valence-corrected chi connectivity index (χ1v) is 9.87. The number of nitrogens with zero attached hydrogens (tertiary/aromatic N) is 3. The van der Waals surface area contributed by atoms with Gasteiger partial charge in [-0.1, -0.05) is 68.9 Å². The number of amides is 1. The molecule has 1 saturated heterocycles. The Bertz CT molecular complexity index is 879. The first kappa shape index (κ1) is 19.4. The molecular weight excluding hydrogens is 362 g/mol. The van der Waals surface area contributed by atoms with E-state index in [1.807, 2.05) is 45.0 Å². The van der Waals surface area contributed by atoms with Crippen molar-refractivity contribution in [2.75, 3.05) is 5.75 Å². The van der Waals surface area contributed by atoms with Crippen LogP contribution >= 0.6 is 11.8 Å². The van der Waals surface area contributed by atoms with E-state index in [2.05, 4.69) is 17.1 Å². The van der Waals surface area contributed by atoms with Crippen molar-refractivity contribution < 1.29 is 14.1 Å². The Labute approximate surface area is 163 Å². The number of hydrogen-bond acceptors (Lipinski definition) is 6. The van der Waals surface area contributed by atoms with Crippen LogP contribution in [-0.4, -0.2) is 32.5 Å². The largest absolute Gasteiger partial charge is 0.337 e. The zero-order valence-electron chi connectivity index (χ0n) is 16.0. The SMILES string of the molecule is CCc1ccc(-c2noc(CN3C(=O)CS/C3=C\C(=O)C(C)(C)C)n2)cc1. The summed E-state index contributed by atoms with van der Waals surface area (Å²) in [6.07, 6.45) is 2.51. The van der Waals surface area contributed by atoms with Crippen LogP contribution in [0.2, 0.25) is 0 Å². The summed E-state index contributed by atoms with van der Waals surface area (Å²) >= 11 is 1.36. The third-order valence-electron chi connectivity index (χ3n) is 4.29. The van der Waals surface area contributed by atoms with Gasteiger partial charge in [-0.25, -0.2) is 0 Å². The van der Waals surface area contributed by atoms with Crippen molar-refractivity contribution in [2.24, 2.45) is 5.41 Å². The molecule has 1 aromatic heterocycles. The number of hydrogen-bond donors (Lipinski definition) is 0. The predicted octanol–water partition coefficient (Wildman–Crippen LogP) is 3.83. The topological polar surface area (TPSA) is 76.3 Å². The Kier molecular flexibility index (Phi) is 5.51. The van der Waals surface area contributed by atoms with E-state index in [0.717, 1.165) is 12.0 Å². The maximum absolute atomic E-state index is 12.3. The van der Waals surface area contributed by atoms with Crippen LogP contribution in [0.3, 0.4) is 0 Å². The highest BCUT2D eigenvalue weighted by Crippen LogP contribution is 2.32. The van der Waals surface area contributed by atoms with E-state index >= 15 is 0 Å². The van der Waals surface area contributed by atoms with Gasteiger partial charge in [0.1, 0.15) is 6.54 Å². The molecule has 2 heterocycles. The second-order valence-corrected chi connectivity index (χ2v) is 8.42. The van der Waals surface area contributed by atoms with Gasteiger partial charge in [0.25, 0.3) is 0 Å². The minimum absolute atomic E-state index is 0.0214. The van der Waals surface area contributed by atoms with E-state index in [1.54, 1.807) is 0 Å². The molecule has 142 valence electrons. The summed E-state index contributed by atoms with van der Waals surface area (Å²) in [5.41, 5.74) is 1.61. The van der Waals surface area contributed by atoms with Crippen LogP contribution < -0.4 is 0 Å². The molecule has 0 N–H and O–H groups in total. The maximum atomic E-state index is 12.3. The summed E-state index contributed by atoms with van der Waals surface area (Å²) in [4.78, 5) is 30.5. The minimum Gasteiger partial charge on any atom is -0.337 e. The molecule has 1 amide bonds. The molecule has 1 aliphatic heterocycles. The second kappa shape index (κ2) is 7.68. The number of rotatable bonds is 5. The summed E-state index contributed by atoms with van der Waals surface area (Å²) in [5.74, 6) is 1.05. The zero-order valence-corrected chi connectivity index (χ0v) is 16.8. The lowest BCUT2D eigenvalue weighted by Crippen LogP contribution is -2.26. The molecule has 1 aromatic carbocycles. The molecule has 7 heteroatoms. The number of benzene rings is 1. The van der Waals surface area contributed by atoms with E-state index in [0.29, 0.717) is 22.5 Å². The molecule has 2 aromatic rings. The lowest BCUT2D eigenvalue weighted by atomic mass is 9.91. The molecule has 0 saturated carbocycles. The molecule has 6 nitrogen and oxygen atoms in total. The summed E-state index contributed by atoms with van der Waals surface area (Å²) in [5, 5.41) is 4.65. The number of ketones is 1. The highest BCUT2D eigenvalue weighted by atomic mass is 32.2. The summed E-state index contributed by atoms with van der Waals surface area (Å²) in [6, 6.07) is 7.98. The molecule has 0 unspecified atom stereocenters. The second-order valence-electron chi connectivity index (χ2n) is 7.43. The molecule has 0 spiro atoms. The number of carbonyl (C=O) groups excluding carboxylic acids is 2. The van der Waals surface area contributed by atoms with Crippen molar-refractivity contribution in [3.05, 3.63) is 46.8 Å². The maximum Gasteiger partial charge on any atom is 0.247 e. The number of aromatic nitrogens is 2. The van der Waals surface area contributed by atoms with Gasteiger partial charge in [-0.05, 0) is 12.0 Å². The molecule has 0 aliphatic carbocycles. The van der Waals surface area contributed by atoms with Gasteiger partial charge in [-0.3, -0.25) is 14.5 Å². The first-order chi connectivity index (χ1) is 12.8. The van der Waals surface area contributed by atoms with Gasteiger partial charge in [-0.15, -0.1) is 0 Å². The highest BCUT2D eigenvalue weighted by molar-refractivity contribution is 8.04. The van der Waals surface area contributed by atoms with Crippen molar-refractivity contribution in [2.45, 2.75) is 40.7 Å². The van der Waals surface area contributed by atoms with E-state index in [1.165, 1.54) is 28.3 Å². The van der Waals surface area contributed by atoms with Crippen molar-refractivity contribution in [3.8, 4) is 11.4 Å². The highest BCUT2D eigenvalue weighted by Gasteiger charge is 2.30. The monoisotopic (exact) mass is 385 g/mol. The lowest BCUT2D eigenvalue weighted by molar-refractivity contribution is -0.126. The van der Waals surface area contributed by atoms with Crippen LogP contribution in [-0.2, 0) is 22.6 Å². The van der Waals surface area contributed by atoms with E-state index in [-0.39, 0.29) is 18.2 Å². The Hall–Kier alpha value is -2.41. The number of thioether (sulfide) groups is 1. The van der Waals surface area contributed by atoms with Crippen molar-refractivity contribution in [1.82, 2.24) is 15.0 Å². The van der Waals surface area contributed by atoms with Crippen LogP contribution in [0.4, 0.5) is 0 Å². The Morgan fingerprint density at radius 1 is 1.30 bits per heavy atom. The third-order valence-corrected chi connectivity index (χ3v) is 5.31. The molecule has 27 heavy (non-hydrogen) atoms. The molecular formula is C20H23N3O3S. The molecule has 1 aliphatic rings. The molecule has 0 radical (unpaired) electrons. The van der Waals surface area contributed by atoms with Gasteiger partial charge in [-0.2, -0.15) is 4.98 Å². The molecule has 3 rings (SSSR count). The fraction of sp³-hybridized carbons (Fsp3) is 0.400. The molecule has 1 fully saturated rings. The van der Waals surface area contributed by atoms with Crippen molar-refractivity contribution in [3.63, 3.8) is 0 Å². The van der Waals surface area contributed by atoms with Gasteiger partial charge in [0.15, 0.2) is 5.78 Å². The fourth-order valence-corrected chi connectivity index (χ4v) is 3.43. The van der Waals surface area contributed by atoms with E-state index in [9.17, 15) is 9.59 Å². The fourth-order valence-electron chi connectivity index (χ4n) is 2.49. The van der Waals surface area contributed by atoms with Crippen LogP contribution in [0.5, 0.6) is 0 Å². The Morgan fingerprint density at radius 2 is 2.00 bits per heavy atom. The standard InChI is InChI=1S/C20H23N3O3S/c1-5-13-6-8-14(9-7-13)19-21-16(26-22-19)11-23-17(25)12-27-18(23)10-15(24)20(2,3)4/h6-10H,5,11-12H2,1-4H3/b18-10-. The first-order valence-electron chi connectivity index (χ1n) is 8.89. The number of aryl methyl sites for hydroxylation is 1. The van der Waals surface area contributed by atoms with Crippen molar-refractivity contribution >= 4 is 23.5 Å². The van der Waals surface area contributed by atoms with Gasteiger partial charge in [0.05, 0.1) is 10.8 Å². The Balaban J connectivity index is 1.77. The normalized spacial score (nSPS) is 16.4. The van der Waals surface area contributed by atoms with Crippen LogP contribution in [0, 0.1) is 5.41 Å². The van der Waals surface area contributed by atoms with Gasteiger partial charge in [0, 0.05) is 17.1 Å². The summed E-state index contributed by atoms with van der Waals surface area (Å²) in [7, 11) is 0. The molecule has 0 atom stereocenters. The number of carbonyl (C=O) groups is 2. The average molecular weight is 385 g/mol.